The first kappa shape index (κ1) is 15.3. The molecule has 2 fully saturated rings. The lowest BCUT2D eigenvalue weighted by Crippen LogP contribution is -2.47. The van der Waals surface area contributed by atoms with E-state index in [0.29, 0.717) is 11.6 Å². The number of nitrogen functional groups attached to an aromatic ring is 1. The van der Waals surface area contributed by atoms with Gasteiger partial charge in [0.2, 0.25) is 5.95 Å². The zero-order chi connectivity index (χ0) is 16.7. The number of carbonyl (C=O) groups excluding carboxylic acids is 1. The van der Waals surface area contributed by atoms with Crippen LogP contribution in [0.3, 0.4) is 0 Å². The molecular weight excluding hydrogens is 302 g/mol. The van der Waals surface area contributed by atoms with Gasteiger partial charge >= 0.3 is 0 Å². The van der Waals surface area contributed by atoms with E-state index < -0.39 is 0 Å². The maximum atomic E-state index is 13.0. The molecule has 2 aliphatic rings. The second-order valence-electron chi connectivity index (χ2n) is 6.93. The fourth-order valence-corrected chi connectivity index (χ4v) is 3.48. The van der Waals surface area contributed by atoms with Crippen molar-refractivity contribution in [3.63, 3.8) is 0 Å². The van der Waals surface area contributed by atoms with Gasteiger partial charge < -0.3 is 15.5 Å². The molecule has 1 aromatic carbocycles. The van der Waals surface area contributed by atoms with Crippen molar-refractivity contribution in [1.82, 2.24) is 19.8 Å². The highest BCUT2D eigenvalue weighted by Crippen LogP contribution is 2.37. The highest BCUT2D eigenvalue weighted by molar-refractivity contribution is 6.05. The van der Waals surface area contributed by atoms with Crippen LogP contribution in [-0.2, 0) is 0 Å². The summed E-state index contributed by atoms with van der Waals surface area (Å²) in [6.45, 7) is 3.22. The molecule has 0 radical (unpaired) electrons. The van der Waals surface area contributed by atoms with Crippen molar-refractivity contribution in [3.8, 4) is 0 Å². The lowest BCUT2D eigenvalue weighted by atomic mass is 9.80. The fourth-order valence-electron chi connectivity index (χ4n) is 3.48. The minimum atomic E-state index is -0.0343. The predicted octanol–water partition coefficient (Wildman–Crippen LogP) is 1.87. The van der Waals surface area contributed by atoms with E-state index in [2.05, 4.69) is 34.0 Å². The SMILES string of the molecule is CN1CCN(C(=O)c2nc(N)nc3ccc(C4CCC4)cc23)CC1. The number of rotatable bonds is 2. The summed E-state index contributed by atoms with van der Waals surface area (Å²) in [4.78, 5) is 25.7. The molecule has 2 aromatic rings. The lowest BCUT2D eigenvalue weighted by Gasteiger charge is -2.32. The predicted molar refractivity (Wildman–Crippen MR) is 93.9 cm³/mol. The molecule has 1 aliphatic heterocycles. The van der Waals surface area contributed by atoms with Gasteiger partial charge in [-0.3, -0.25) is 4.79 Å². The van der Waals surface area contributed by atoms with E-state index in [9.17, 15) is 4.79 Å². The summed E-state index contributed by atoms with van der Waals surface area (Å²) in [6, 6.07) is 6.19. The molecule has 6 heteroatoms. The Hall–Kier alpha value is -2.21. The number of carbonyl (C=O) groups is 1. The van der Waals surface area contributed by atoms with Crippen molar-refractivity contribution in [1.29, 1.82) is 0 Å². The molecule has 0 unspecified atom stereocenters. The summed E-state index contributed by atoms with van der Waals surface area (Å²) >= 11 is 0. The largest absolute Gasteiger partial charge is 0.368 e. The van der Waals surface area contributed by atoms with Crippen LogP contribution >= 0.6 is 0 Å². The number of benzene rings is 1. The van der Waals surface area contributed by atoms with Crippen LogP contribution in [0, 0.1) is 0 Å². The number of likely N-dealkylation sites (N-methyl/N-ethyl adjacent to an activating group) is 1. The third kappa shape index (κ3) is 2.71. The van der Waals surface area contributed by atoms with Crippen molar-refractivity contribution in [2.24, 2.45) is 0 Å². The average molecular weight is 325 g/mol. The number of nitrogens with two attached hydrogens (primary N) is 1. The van der Waals surface area contributed by atoms with Crippen molar-refractivity contribution in [2.75, 3.05) is 39.0 Å². The number of hydrogen-bond donors (Lipinski definition) is 1. The van der Waals surface area contributed by atoms with Gasteiger partial charge in [0.1, 0.15) is 5.69 Å². The van der Waals surface area contributed by atoms with Crippen LogP contribution in [-0.4, -0.2) is 58.9 Å². The first-order chi connectivity index (χ1) is 11.6. The highest BCUT2D eigenvalue weighted by Gasteiger charge is 2.25. The van der Waals surface area contributed by atoms with E-state index in [-0.39, 0.29) is 11.9 Å². The number of nitrogens with zero attached hydrogens (tertiary/aromatic N) is 4. The van der Waals surface area contributed by atoms with Crippen LogP contribution in [0.15, 0.2) is 18.2 Å². The summed E-state index contributed by atoms with van der Waals surface area (Å²) < 4.78 is 0. The topological polar surface area (TPSA) is 75.3 Å². The molecule has 6 nitrogen and oxygen atoms in total. The van der Waals surface area contributed by atoms with E-state index in [1.807, 2.05) is 11.0 Å². The molecule has 1 aliphatic carbocycles. The molecule has 0 atom stereocenters. The Morgan fingerprint density at radius 2 is 1.92 bits per heavy atom. The fraction of sp³-hybridized carbons (Fsp3) is 0.500. The van der Waals surface area contributed by atoms with Crippen molar-refractivity contribution in [2.45, 2.75) is 25.2 Å². The molecule has 1 amide bonds. The monoisotopic (exact) mass is 325 g/mol. The highest BCUT2D eigenvalue weighted by atomic mass is 16.2. The van der Waals surface area contributed by atoms with Gasteiger partial charge in [0, 0.05) is 31.6 Å². The van der Waals surface area contributed by atoms with Crippen molar-refractivity contribution >= 4 is 22.8 Å². The third-order valence-electron chi connectivity index (χ3n) is 5.31. The molecule has 126 valence electrons. The Morgan fingerprint density at radius 3 is 2.58 bits per heavy atom. The summed E-state index contributed by atoms with van der Waals surface area (Å²) in [5.41, 5.74) is 8.33. The Kier molecular flexibility index (Phi) is 3.84. The summed E-state index contributed by atoms with van der Waals surface area (Å²) in [6.07, 6.45) is 3.74. The third-order valence-corrected chi connectivity index (χ3v) is 5.31. The Labute approximate surface area is 141 Å². The number of hydrogen-bond acceptors (Lipinski definition) is 5. The molecule has 24 heavy (non-hydrogen) atoms. The maximum absolute atomic E-state index is 13.0. The Balaban J connectivity index is 1.73. The molecule has 0 bridgehead atoms. The minimum Gasteiger partial charge on any atom is -0.368 e. The average Bonchev–Trinajstić information content (AvgIpc) is 2.53. The molecule has 2 N–H and O–H groups in total. The second kappa shape index (κ2) is 6.02. The van der Waals surface area contributed by atoms with Crippen molar-refractivity contribution in [3.05, 3.63) is 29.5 Å². The number of fused-ring (bicyclic) bond motifs is 1. The zero-order valence-electron chi connectivity index (χ0n) is 14.0. The normalized spacial score (nSPS) is 19.5. The van der Waals surface area contributed by atoms with Crippen LogP contribution in [0.1, 0.15) is 41.2 Å². The van der Waals surface area contributed by atoms with Gasteiger partial charge in [-0.15, -0.1) is 0 Å². The molecule has 1 saturated heterocycles. The van der Waals surface area contributed by atoms with Gasteiger partial charge in [0.25, 0.3) is 5.91 Å². The Morgan fingerprint density at radius 1 is 1.17 bits per heavy atom. The van der Waals surface area contributed by atoms with Gasteiger partial charge in [-0.2, -0.15) is 0 Å². The quantitative estimate of drug-likeness (QED) is 0.912. The van der Waals surface area contributed by atoms with Gasteiger partial charge in [0.05, 0.1) is 5.52 Å². The van der Waals surface area contributed by atoms with Gasteiger partial charge in [0.15, 0.2) is 0 Å². The van der Waals surface area contributed by atoms with Gasteiger partial charge in [-0.1, -0.05) is 12.5 Å². The van der Waals surface area contributed by atoms with Crippen LogP contribution in [0.4, 0.5) is 5.95 Å². The first-order valence-corrected chi connectivity index (χ1v) is 8.67. The van der Waals surface area contributed by atoms with Crippen LogP contribution in [0.25, 0.3) is 10.9 Å². The van der Waals surface area contributed by atoms with E-state index in [4.69, 9.17) is 5.73 Å². The summed E-state index contributed by atoms with van der Waals surface area (Å²) in [7, 11) is 2.07. The number of amides is 1. The zero-order valence-corrected chi connectivity index (χ0v) is 14.0. The van der Waals surface area contributed by atoms with E-state index in [1.165, 1.54) is 24.8 Å². The lowest BCUT2D eigenvalue weighted by molar-refractivity contribution is 0.0660. The van der Waals surface area contributed by atoms with Crippen LogP contribution in [0.5, 0.6) is 0 Å². The number of aromatic nitrogens is 2. The smallest absolute Gasteiger partial charge is 0.273 e. The van der Waals surface area contributed by atoms with Crippen molar-refractivity contribution < 1.29 is 4.79 Å². The van der Waals surface area contributed by atoms with Crippen LogP contribution in [0.2, 0.25) is 0 Å². The number of piperazine rings is 1. The molecule has 2 heterocycles. The maximum Gasteiger partial charge on any atom is 0.273 e. The molecule has 0 spiro atoms. The van der Waals surface area contributed by atoms with E-state index >= 15 is 0 Å². The molecule has 4 rings (SSSR count). The molecule has 1 saturated carbocycles. The van der Waals surface area contributed by atoms with Gasteiger partial charge in [-0.25, -0.2) is 9.97 Å². The van der Waals surface area contributed by atoms with E-state index in [0.717, 1.165) is 37.1 Å². The summed E-state index contributed by atoms with van der Waals surface area (Å²) in [5.74, 6) is 0.739. The first-order valence-electron chi connectivity index (χ1n) is 8.67. The second-order valence-corrected chi connectivity index (χ2v) is 6.93. The molecule has 1 aromatic heterocycles. The summed E-state index contributed by atoms with van der Waals surface area (Å²) in [5, 5.41) is 0.831. The van der Waals surface area contributed by atoms with Crippen LogP contribution < -0.4 is 5.73 Å². The molecular formula is C18H23N5O. The standard InChI is InChI=1S/C18H23N5O/c1-22-7-9-23(10-8-22)17(24)16-14-11-13(12-3-2-4-12)5-6-15(14)20-18(19)21-16/h5-6,11-12H,2-4,7-10H2,1H3,(H2,19,20,21). The van der Waals surface area contributed by atoms with Gasteiger partial charge in [-0.05, 0) is 43.5 Å². The minimum absolute atomic E-state index is 0.0343. The van der Waals surface area contributed by atoms with E-state index in [1.54, 1.807) is 0 Å². The Bertz CT molecular complexity index is 778. The number of anilines is 1.